The van der Waals surface area contributed by atoms with Crippen LogP contribution in [0.3, 0.4) is 0 Å². The van der Waals surface area contributed by atoms with Crippen LogP contribution in [0, 0.1) is 6.92 Å². The van der Waals surface area contributed by atoms with Crippen molar-refractivity contribution in [3.8, 4) is 44.5 Å². The van der Waals surface area contributed by atoms with Crippen LogP contribution in [0.4, 0.5) is 0 Å². The number of fused-ring (bicyclic) bond motifs is 7. The molecule has 0 fully saturated rings. The smallest absolute Gasteiger partial charge is 0.143 e. The standard InChI is InChI=1S/C49H32O/c1-31-14-12-25-44-45(31)48-38-22-9-8-19-37(38)30-42(49(48)50-44)36-21-13-20-34(28-36)35-26-27-41-43(29-35)47(33-17-6-3-7-18-33)40-24-11-10-23-39(40)46(41)32-15-4-2-5-16-32/h2-30H,1H3. The van der Waals surface area contributed by atoms with Gasteiger partial charge in [0.25, 0.3) is 0 Å². The summed E-state index contributed by atoms with van der Waals surface area (Å²) in [4.78, 5) is 0. The average Bonchev–Trinajstić information content (AvgIpc) is 3.58. The van der Waals surface area contributed by atoms with Gasteiger partial charge in [0.05, 0.1) is 0 Å². The third-order valence-electron chi connectivity index (χ3n) is 10.4. The molecule has 0 atom stereocenters. The lowest BCUT2D eigenvalue weighted by molar-refractivity contribution is 0.670. The van der Waals surface area contributed by atoms with Crippen molar-refractivity contribution in [1.29, 1.82) is 0 Å². The number of furan rings is 1. The minimum Gasteiger partial charge on any atom is -0.455 e. The van der Waals surface area contributed by atoms with Crippen LogP contribution < -0.4 is 0 Å². The van der Waals surface area contributed by atoms with Gasteiger partial charge in [0.1, 0.15) is 11.2 Å². The third-order valence-corrected chi connectivity index (χ3v) is 10.4. The maximum absolute atomic E-state index is 6.69. The zero-order valence-electron chi connectivity index (χ0n) is 27.7. The molecule has 0 saturated heterocycles. The van der Waals surface area contributed by atoms with Crippen LogP contribution in [0.5, 0.6) is 0 Å². The second-order valence-corrected chi connectivity index (χ2v) is 13.3. The molecule has 0 aliphatic rings. The molecular weight excluding hydrogens is 605 g/mol. The predicted octanol–water partition coefficient (Wildman–Crippen LogP) is 14.0. The zero-order chi connectivity index (χ0) is 33.2. The summed E-state index contributed by atoms with van der Waals surface area (Å²) in [5.74, 6) is 0. The molecule has 0 aliphatic heterocycles. The average molecular weight is 637 g/mol. The topological polar surface area (TPSA) is 13.1 Å². The molecule has 0 radical (unpaired) electrons. The van der Waals surface area contributed by atoms with Gasteiger partial charge in [-0.1, -0.05) is 152 Å². The van der Waals surface area contributed by atoms with Gasteiger partial charge in [0, 0.05) is 16.3 Å². The van der Waals surface area contributed by atoms with E-state index in [2.05, 4.69) is 183 Å². The minimum absolute atomic E-state index is 0.929. The second kappa shape index (κ2) is 11.3. The van der Waals surface area contributed by atoms with Gasteiger partial charge >= 0.3 is 0 Å². The second-order valence-electron chi connectivity index (χ2n) is 13.3. The van der Waals surface area contributed by atoms with Gasteiger partial charge in [-0.15, -0.1) is 0 Å². The molecule has 1 heteroatoms. The number of hydrogen-bond acceptors (Lipinski definition) is 1. The normalized spacial score (nSPS) is 11.7. The van der Waals surface area contributed by atoms with Crippen molar-refractivity contribution in [3.63, 3.8) is 0 Å². The van der Waals surface area contributed by atoms with Crippen LogP contribution in [0.1, 0.15) is 5.56 Å². The Labute approximate surface area is 290 Å². The number of benzene rings is 9. The molecule has 10 rings (SSSR count). The molecule has 0 amide bonds. The lowest BCUT2D eigenvalue weighted by Gasteiger charge is -2.19. The number of aryl methyl sites for hydroxylation is 1. The summed E-state index contributed by atoms with van der Waals surface area (Å²) in [7, 11) is 0. The molecular formula is C49H32O. The molecule has 0 N–H and O–H groups in total. The fourth-order valence-corrected chi connectivity index (χ4v) is 8.11. The van der Waals surface area contributed by atoms with Gasteiger partial charge in [-0.2, -0.15) is 0 Å². The highest BCUT2D eigenvalue weighted by Crippen LogP contribution is 2.46. The van der Waals surface area contributed by atoms with E-state index in [1.54, 1.807) is 0 Å². The van der Waals surface area contributed by atoms with Crippen molar-refractivity contribution >= 4 is 54.3 Å². The molecule has 50 heavy (non-hydrogen) atoms. The Hall–Kier alpha value is -6.44. The Morgan fingerprint density at radius 3 is 1.66 bits per heavy atom. The van der Waals surface area contributed by atoms with Crippen LogP contribution in [-0.4, -0.2) is 0 Å². The Balaban J connectivity index is 1.23. The number of hydrogen-bond donors (Lipinski definition) is 0. The van der Waals surface area contributed by atoms with E-state index < -0.39 is 0 Å². The highest BCUT2D eigenvalue weighted by Gasteiger charge is 2.20. The van der Waals surface area contributed by atoms with Crippen molar-refractivity contribution in [2.45, 2.75) is 6.92 Å². The Bertz CT molecular complexity index is 2910. The first-order valence-electron chi connectivity index (χ1n) is 17.3. The lowest BCUT2D eigenvalue weighted by Crippen LogP contribution is -1.91. The van der Waals surface area contributed by atoms with Crippen molar-refractivity contribution in [2.75, 3.05) is 0 Å². The summed E-state index contributed by atoms with van der Waals surface area (Å²) < 4.78 is 6.69. The van der Waals surface area contributed by atoms with Crippen LogP contribution in [0.15, 0.2) is 180 Å². The molecule has 234 valence electrons. The van der Waals surface area contributed by atoms with Gasteiger partial charge in [0.2, 0.25) is 0 Å². The molecule has 10 aromatic rings. The van der Waals surface area contributed by atoms with E-state index in [4.69, 9.17) is 4.42 Å². The molecule has 0 spiro atoms. The fourth-order valence-electron chi connectivity index (χ4n) is 8.11. The lowest BCUT2D eigenvalue weighted by atomic mass is 9.84. The molecule has 0 unspecified atom stereocenters. The summed E-state index contributed by atoms with van der Waals surface area (Å²) in [5, 5.41) is 9.84. The molecule has 0 bridgehead atoms. The summed E-state index contributed by atoms with van der Waals surface area (Å²) in [5.41, 5.74) is 12.7. The van der Waals surface area contributed by atoms with Crippen LogP contribution in [0.2, 0.25) is 0 Å². The summed E-state index contributed by atoms with van der Waals surface area (Å²) in [6, 6.07) is 63.8. The first-order chi connectivity index (χ1) is 24.7. The van der Waals surface area contributed by atoms with Gasteiger partial charge in [0.15, 0.2) is 0 Å². The molecule has 1 nitrogen and oxygen atoms in total. The summed E-state index contributed by atoms with van der Waals surface area (Å²) in [6.45, 7) is 2.18. The quantitative estimate of drug-likeness (QED) is 0.175. The molecule has 0 saturated carbocycles. The summed E-state index contributed by atoms with van der Waals surface area (Å²) in [6.07, 6.45) is 0. The van der Waals surface area contributed by atoms with Crippen LogP contribution in [-0.2, 0) is 0 Å². The van der Waals surface area contributed by atoms with E-state index in [0.29, 0.717) is 0 Å². The highest BCUT2D eigenvalue weighted by atomic mass is 16.3. The van der Waals surface area contributed by atoms with E-state index in [1.807, 2.05) is 0 Å². The Morgan fingerprint density at radius 1 is 0.360 bits per heavy atom. The summed E-state index contributed by atoms with van der Waals surface area (Å²) >= 11 is 0. The number of rotatable bonds is 4. The van der Waals surface area contributed by atoms with Gasteiger partial charge < -0.3 is 4.42 Å². The van der Waals surface area contributed by atoms with Crippen LogP contribution in [0.25, 0.3) is 98.8 Å². The largest absolute Gasteiger partial charge is 0.455 e. The van der Waals surface area contributed by atoms with Gasteiger partial charge in [-0.3, -0.25) is 0 Å². The van der Waals surface area contributed by atoms with Crippen molar-refractivity contribution in [3.05, 3.63) is 181 Å². The van der Waals surface area contributed by atoms with Gasteiger partial charge in [-0.05, 0) is 108 Å². The molecule has 9 aromatic carbocycles. The first kappa shape index (κ1) is 28.6. The van der Waals surface area contributed by atoms with E-state index in [9.17, 15) is 0 Å². The Morgan fingerprint density at radius 2 is 0.920 bits per heavy atom. The van der Waals surface area contributed by atoms with E-state index in [0.717, 1.165) is 22.3 Å². The monoisotopic (exact) mass is 636 g/mol. The minimum atomic E-state index is 0.929. The molecule has 0 aliphatic carbocycles. The van der Waals surface area contributed by atoms with Crippen LogP contribution >= 0.6 is 0 Å². The van der Waals surface area contributed by atoms with Crippen molar-refractivity contribution in [2.24, 2.45) is 0 Å². The first-order valence-corrected chi connectivity index (χ1v) is 17.3. The maximum Gasteiger partial charge on any atom is 0.143 e. The third kappa shape index (κ3) is 4.41. The molecule has 1 heterocycles. The Kier molecular flexibility index (Phi) is 6.47. The fraction of sp³-hybridized carbons (Fsp3) is 0.0204. The van der Waals surface area contributed by atoms with E-state index >= 15 is 0 Å². The van der Waals surface area contributed by atoms with Crippen molar-refractivity contribution < 1.29 is 4.42 Å². The molecule has 1 aromatic heterocycles. The maximum atomic E-state index is 6.69. The SMILES string of the molecule is Cc1cccc2oc3c(-c4cccc(-c5ccc6c(-c7ccccc7)c7ccccc7c(-c7ccccc7)c6c5)c4)cc4ccccc4c3c12. The predicted molar refractivity (Wildman–Crippen MR) is 213 cm³/mol. The van der Waals surface area contributed by atoms with E-state index in [-0.39, 0.29) is 0 Å². The van der Waals surface area contributed by atoms with Gasteiger partial charge in [-0.25, -0.2) is 0 Å². The van der Waals surface area contributed by atoms with Crippen molar-refractivity contribution in [1.82, 2.24) is 0 Å². The highest BCUT2D eigenvalue weighted by molar-refractivity contribution is 6.24. The van der Waals surface area contributed by atoms with E-state index in [1.165, 1.54) is 82.0 Å². The zero-order valence-corrected chi connectivity index (χ0v) is 27.7.